The molecule has 1 aliphatic heterocycles. The summed E-state index contributed by atoms with van der Waals surface area (Å²) in [5.41, 5.74) is 0.713. The quantitative estimate of drug-likeness (QED) is 0.815. The largest absolute Gasteiger partial charge is 0.339 e. The molecule has 1 aromatic carbocycles. The molecule has 108 valence electrons. The minimum atomic E-state index is -0.631. The molecule has 3 rings (SSSR count). The smallest absolute Gasteiger partial charge is 0.299 e. The maximum Gasteiger partial charge on any atom is 0.299 e. The summed E-state index contributed by atoms with van der Waals surface area (Å²) < 4.78 is 5.10. The molecular weight excluding hydrogens is 294 g/mol. The van der Waals surface area contributed by atoms with Gasteiger partial charge in [0.1, 0.15) is 0 Å². The van der Waals surface area contributed by atoms with Crippen LogP contribution in [0.4, 0.5) is 5.69 Å². The third-order valence-corrected chi connectivity index (χ3v) is 3.54. The van der Waals surface area contributed by atoms with Crippen molar-refractivity contribution < 1.29 is 14.1 Å². The molecule has 1 aliphatic rings. The van der Waals surface area contributed by atoms with Crippen molar-refractivity contribution in [3.05, 3.63) is 40.5 Å². The van der Waals surface area contributed by atoms with E-state index in [0.29, 0.717) is 17.4 Å². The number of rotatable bonds is 3. The van der Waals surface area contributed by atoms with Crippen molar-refractivity contribution in [2.75, 3.05) is 4.90 Å². The van der Waals surface area contributed by atoms with Crippen molar-refractivity contribution in [1.29, 1.82) is 0 Å². The van der Waals surface area contributed by atoms with Crippen molar-refractivity contribution in [2.24, 2.45) is 0 Å². The van der Waals surface area contributed by atoms with Crippen LogP contribution in [0.25, 0.3) is 0 Å². The third kappa shape index (κ3) is 2.21. The van der Waals surface area contributed by atoms with Crippen LogP contribution < -0.4 is 4.90 Å². The summed E-state index contributed by atoms with van der Waals surface area (Å²) in [4.78, 5) is 29.6. The Morgan fingerprint density at radius 3 is 2.76 bits per heavy atom. The predicted octanol–water partition coefficient (Wildman–Crippen LogP) is 2.58. The lowest BCUT2D eigenvalue weighted by Crippen LogP contribution is -2.29. The van der Waals surface area contributed by atoms with E-state index in [4.69, 9.17) is 16.1 Å². The average Bonchev–Trinajstić information content (AvgIpc) is 3.00. The number of hydrogen-bond acceptors (Lipinski definition) is 5. The standard InChI is InChI=1S/C14H12ClN3O3/c1-7(2)13-16-10(17-21-13)6-18-9-5-3-4-8(15)11(9)12(19)14(18)20/h3-5,7H,6H2,1-2H3. The zero-order valence-corrected chi connectivity index (χ0v) is 12.2. The Balaban J connectivity index is 1.95. The number of amides is 1. The lowest BCUT2D eigenvalue weighted by molar-refractivity contribution is -0.114. The monoisotopic (exact) mass is 305 g/mol. The summed E-state index contributed by atoms with van der Waals surface area (Å²) in [6.07, 6.45) is 0. The second kappa shape index (κ2) is 4.96. The van der Waals surface area contributed by atoms with E-state index in [9.17, 15) is 9.59 Å². The molecule has 0 bridgehead atoms. The number of ketones is 1. The fourth-order valence-electron chi connectivity index (χ4n) is 2.17. The number of nitrogens with zero attached hydrogens (tertiary/aromatic N) is 3. The van der Waals surface area contributed by atoms with Crippen molar-refractivity contribution in [3.63, 3.8) is 0 Å². The summed E-state index contributed by atoms with van der Waals surface area (Å²) >= 11 is 5.99. The molecule has 0 saturated heterocycles. The van der Waals surface area contributed by atoms with Gasteiger partial charge >= 0.3 is 0 Å². The van der Waals surface area contributed by atoms with Crippen LogP contribution >= 0.6 is 11.6 Å². The van der Waals surface area contributed by atoms with Gasteiger partial charge < -0.3 is 4.52 Å². The summed E-state index contributed by atoms with van der Waals surface area (Å²) in [5, 5.41) is 4.10. The van der Waals surface area contributed by atoms with Crippen molar-refractivity contribution in [1.82, 2.24) is 10.1 Å². The van der Waals surface area contributed by atoms with Crippen LogP contribution in [0.15, 0.2) is 22.7 Å². The van der Waals surface area contributed by atoms with Crippen LogP contribution in [-0.4, -0.2) is 21.8 Å². The van der Waals surface area contributed by atoms with E-state index >= 15 is 0 Å². The fourth-order valence-corrected chi connectivity index (χ4v) is 2.42. The lowest BCUT2D eigenvalue weighted by atomic mass is 10.1. The van der Waals surface area contributed by atoms with Gasteiger partial charge in [-0.3, -0.25) is 14.5 Å². The van der Waals surface area contributed by atoms with Gasteiger partial charge in [0, 0.05) is 5.92 Å². The summed E-state index contributed by atoms with van der Waals surface area (Å²) in [7, 11) is 0. The highest BCUT2D eigenvalue weighted by Gasteiger charge is 2.38. The molecule has 2 heterocycles. The average molecular weight is 306 g/mol. The maximum absolute atomic E-state index is 12.1. The number of halogens is 1. The van der Waals surface area contributed by atoms with Crippen LogP contribution in [0.2, 0.25) is 5.02 Å². The normalized spacial score (nSPS) is 14.2. The van der Waals surface area contributed by atoms with E-state index in [-0.39, 0.29) is 23.0 Å². The zero-order chi connectivity index (χ0) is 15.1. The van der Waals surface area contributed by atoms with E-state index in [1.54, 1.807) is 18.2 Å². The predicted molar refractivity (Wildman–Crippen MR) is 75.4 cm³/mol. The number of fused-ring (bicyclic) bond motifs is 1. The van der Waals surface area contributed by atoms with E-state index in [1.165, 1.54) is 4.90 Å². The van der Waals surface area contributed by atoms with Gasteiger partial charge in [0.15, 0.2) is 5.82 Å². The highest BCUT2D eigenvalue weighted by Crippen LogP contribution is 2.34. The number of benzene rings is 1. The molecule has 0 atom stereocenters. The Bertz CT molecular complexity index is 739. The molecule has 0 unspecified atom stereocenters. The topological polar surface area (TPSA) is 76.3 Å². The molecule has 0 fully saturated rings. The first kappa shape index (κ1) is 13.8. The minimum Gasteiger partial charge on any atom is -0.339 e. The number of carbonyl (C=O) groups is 2. The number of anilines is 1. The Morgan fingerprint density at radius 2 is 2.10 bits per heavy atom. The Morgan fingerprint density at radius 1 is 1.33 bits per heavy atom. The molecule has 0 radical (unpaired) electrons. The van der Waals surface area contributed by atoms with E-state index in [2.05, 4.69) is 10.1 Å². The van der Waals surface area contributed by atoms with Gasteiger partial charge in [-0.2, -0.15) is 4.98 Å². The van der Waals surface area contributed by atoms with Gasteiger partial charge in [-0.15, -0.1) is 0 Å². The van der Waals surface area contributed by atoms with Crippen LogP contribution in [0.1, 0.15) is 41.8 Å². The van der Waals surface area contributed by atoms with Gasteiger partial charge in [-0.25, -0.2) is 0 Å². The molecule has 1 aromatic heterocycles. The molecule has 6 nitrogen and oxygen atoms in total. The van der Waals surface area contributed by atoms with Gasteiger partial charge in [-0.05, 0) is 12.1 Å². The number of hydrogen-bond donors (Lipinski definition) is 0. The fraction of sp³-hybridized carbons (Fsp3) is 0.286. The summed E-state index contributed by atoms with van der Waals surface area (Å²) in [5.74, 6) is -0.289. The van der Waals surface area contributed by atoms with Crippen LogP contribution in [0.5, 0.6) is 0 Å². The molecule has 1 amide bonds. The van der Waals surface area contributed by atoms with Crippen molar-refractivity contribution >= 4 is 29.0 Å². The number of carbonyl (C=O) groups excluding carboxylic acids is 2. The van der Waals surface area contributed by atoms with E-state index in [0.717, 1.165) is 0 Å². The summed E-state index contributed by atoms with van der Waals surface area (Å²) in [6, 6.07) is 4.95. The number of aromatic nitrogens is 2. The van der Waals surface area contributed by atoms with Crippen LogP contribution in [0.3, 0.4) is 0 Å². The first-order valence-electron chi connectivity index (χ1n) is 6.46. The lowest BCUT2D eigenvalue weighted by Gasteiger charge is -2.13. The molecule has 7 heteroatoms. The first-order chi connectivity index (χ1) is 9.99. The molecule has 2 aromatic rings. The molecule has 0 N–H and O–H groups in total. The van der Waals surface area contributed by atoms with Gasteiger partial charge in [-0.1, -0.05) is 36.7 Å². The van der Waals surface area contributed by atoms with Crippen LogP contribution in [-0.2, 0) is 11.3 Å². The second-order valence-corrected chi connectivity index (χ2v) is 5.47. The molecule has 0 aliphatic carbocycles. The van der Waals surface area contributed by atoms with Crippen LogP contribution in [0, 0.1) is 0 Å². The minimum absolute atomic E-state index is 0.0775. The zero-order valence-electron chi connectivity index (χ0n) is 11.5. The maximum atomic E-state index is 12.1. The van der Waals surface area contributed by atoms with Crippen molar-refractivity contribution in [3.8, 4) is 0 Å². The Kier molecular flexibility index (Phi) is 3.25. The molecule has 0 saturated carbocycles. The first-order valence-corrected chi connectivity index (χ1v) is 6.84. The highest BCUT2D eigenvalue weighted by atomic mass is 35.5. The third-order valence-electron chi connectivity index (χ3n) is 3.23. The second-order valence-electron chi connectivity index (χ2n) is 5.06. The summed E-state index contributed by atoms with van der Waals surface area (Å²) in [6.45, 7) is 3.93. The van der Waals surface area contributed by atoms with Gasteiger partial charge in [0.2, 0.25) is 5.89 Å². The van der Waals surface area contributed by atoms with E-state index < -0.39 is 11.7 Å². The van der Waals surface area contributed by atoms with E-state index in [1.807, 2.05) is 13.8 Å². The van der Waals surface area contributed by atoms with Gasteiger partial charge in [0.05, 0.1) is 22.8 Å². The molecular formula is C14H12ClN3O3. The molecule has 21 heavy (non-hydrogen) atoms. The Labute approximate surface area is 125 Å². The number of Topliss-reactive ketones (excluding diaryl/α,β-unsaturated/α-hetero) is 1. The van der Waals surface area contributed by atoms with Gasteiger partial charge in [0.25, 0.3) is 11.7 Å². The SMILES string of the molecule is CC(C)c1nc(CN2C(=O)C(=O)c3c(Cl)cccc32)no1. The van der Waals surface area contributed by atoms with Crippen molar-refractivity contribution in [2.45, 2.75) is 26.3 Å². The molecule has 0 spiro atoms. The Hall–Kier alpha value is -2.21. The highest BCUT2D eigenvalue weighted by molar-refractivity contribution is 6.55.